The maximum absolute atomic E-state index is 8.72. The standard InChI is InChI=1S/C14H10N2/c1-16-14-5-3-2-4-13(14)12-8-6-11(10-15)7-9-12/h2-9H,1H2. The number of nitrogens with zero attached hydrogens (tertiary/aromatic N) is 2. The summed E-state index contributed by atoms with van der Waals surface area (Å²) in [5.41, 5.74) is 3.59. The molecule has 0 unspecified atom stereocenters. The summed E-state index contributed by atoms with van der Waals surface area (Å²) < 4.78 is 0. The van der Waals surface area contributed by atoms with Gasteiger partial charge in [0, 0.05) is 5.56 Å². The lowest BCUT2D eigenvalue weighted by molar-refractivity contribution is 1.48. The molecule has 2 aromatic rings. The average Bonchev–Trinajstić information content (AvgIpc) is 2.39. The molecule has 16 heavy (non-hydrogen) atoms. The van der Waals surface area contributed by atoms with Crippen molar-refractivity contribution in [2.75, 3.05) is 0 Å². The molecule has 0 aliphatic rings. The number of hydrogen-bond acceptors (Lipinski definition) is 2. The first-order chi connectivity index (χ1) is 7.85. The van der Waals surface area contributed by atoms with E-state index in [2.05, 4.69) is 17.8 Å². The van der Waals surface area contributed by atoms with Crippen molar-refractivity contribution in [3.8, 4) is 17.2 Å². The van der Waals surface area contributed by atoms with E-state index in [0.717, 1.165) is 16.8 Å². The lowest BCUT2D eigenvalue weighted by Gasteiger charge is -2.04. The Kier molecular flexibility index (Phi) is 2.79. The summed E-state index contributed by atoms with van der Waals surface area (Å²) in [6.45, 7) is 3.55. The second-order valence-corrected chi connectivity index (χ2v) is 3.36. The minimum absolute atomic E-state index is 0.660. The van der Waals surface area contributed by atoms with Crippen LogP contribution in [0, 0.1) is 11.3 Å². The van der Waals surface area contributed by atoms with Crippen LogP contribution in [-0.4, -0.2) is 6.72 Å². The van der Waals surface area contributed by atoms with Gasteiger partial charge in [-0.05, 0) is 30.5 Å². The van der Waals surface area contributed by atoms with Crippen molar-refractivity contribution in [1.82, 2.24) is 0 Å². The smallest absolute Gasteiger partial charge is 0.0991 e. The molecular weight excluding hydrogens is 196 g/mol. The zero-order valence-corrected chi connectivity index (χ0v) is 8.72. The third kappa shape index (κ3) is 1.84. The van der Waals surface area contributed by atoms with Gasteiger partial charge in [0.15, 0.2) is 0 Å². The highest BCUT2D eigenvalue weighted by Gasteiger charge is 2.02. The van der Waals surface area contributed by atoms with Crippen LogP contribution in [0.2, 0.25) is 0 Å². The number of hydrogen-bond donors (Lipinski definition) is 0. The predicted molar refractivity (Wildman–Crippen MR) is 65.8 cm³/mol. The second kappa shape index (κ2) is 4.41. The molecule has 0 atom stereocenters. The molecule has 0 amide bonds. The SMILES string of the molecule is C=Nc1ccccc1-c1ccc(C#N)cc1. The number of benzene rings is 2. The highest BCUT2D eigenvalue weighted by Crippen LogP contribution is 2.29. The minimum Gasteiger partial charge on any atom is -0.264 e. The molecule has 76 valence electrons. The highest BCUT2D eigenvalue weighted by molar-refractivity contribution is 5.77. The van der Waals surface area contributed by atoms with Crippen LogP contribution in [0.3, 0.4) is 0 Å². The summed E-state index contributed by atoms with van der Waals surface area (Å²) in [7, 11) is 0. The molecule has 0 saturated heterocycles. The monoisotopic (exact) mass is 206 g/mol. The maximum Gasteiger partial charge on any atom is 0.0991 e. The van der Waals surface area contributed by atoms with E-state index in [-0.39, 0.29) is 0 Å². The summed E-state index contributed by atoms with van der Waals surface area (Å²) in [6.07, 6.45) is 0. The molecule has 2 rings (SSSR count). The molecule has 2 aromatic carbocycles. The first-order valence-corrected chi connectivity index (χ1v) is 4.91. The fourth-order valence-corrected chi connectivity index (χ4v) is 1.58. The number of para-hydroxylation sites is 1. The molecule has 0 saturated carbocycles. The second-order valence-electron chi connectivity index (χ2n) is 3.36. The van der Waals surface area contributed by atoms with Crippen LogP contribution in [0.25, 0.3) is 11.1 Å². The molecule has 0 aliphatic carbocycles. The van der Waals surface area contributed by atoms with Crippen LogP contribution in [0.1, 0.15) is 5.56 Å². The number of nitriles is 1. The Balaban J connectivity index is 2.51. The van der Waals surface area contributed by atoms with Gasteiger partial charge in [-0.1, -0.05) is 30.3 Å². The van der Waals surface area contributed by atoms with E-state index in [1.165, 1.54) is 0 Å². The van der Waals surface area contributed by atoms with Crippen molar-refractivity contribution in [2.24, 2.45) is 4.99 Å². The zero-order valence-electron chi connectivity index (χ0n) is 8.72. The molecule has 2 heteroatoms. The van der Waals surface area contributed by atoms with Crippen molar-refractivity contribution in [1.29, 1.82) is 5.26 Å². The van der Waals surface area contributed by atoms with Crippen molar-refractivity contribution < 1.29 is 0 Å². The van der Waals surface area contributed by atoms with Gasteiger partial charge in [0.05, 0.1) is 17.3 Å². The largest absolute Gasteiger partial charge is 0.264 e. The molecule has 0 heterocycles. The van der Waals surface area contributed by atoms with Gasteiger partial charge < -0.3 is 0 Å². The van der Waals surface area contributed by atoms with Gasteiger partial charge in [-0.25, -0.2) is 0 Å². The van der Waals surface area contributed by atoms with E-state index in [1.54, 1.807) is 12.1 Å². The van der Waals surface area contributed by atoms with Gasteiger partial charge in [-0.2, -0.15) is 5.26 Å². The molecule has 0 radical (unpaired) electrons. The minimum atomic E-state index is 0.660. The molecule has 0 spiro atoms. The molecule has 0 fully saturated rings. The summed E-state index contributed by atoms with van der Waals surface area (Å²) in [5.74, 6) is 0. The fourth-order valence-electron chi connectivity index (χ4n) is 1.58. The van der Waals surface area contributed by atoms with E-state index >= 15 is 0 Å². The number of rotatable bonds is 2. The average molecular weight is 206 g/mol. The van der Waals surface area contributed by atoms with Crippen LogP contribution < -0.4 is 0 Å². The Morgan fingerprint density at radius 2 is 1.69 bits per heavy atom. The summed E-state index contributed by atoms with van der Waals surface area (Å²) >= 11 is 0. The first kappa shape index (κ1) is 10.1. The van der Waals surface area contributed by atoms with Crippen molar-refractivity contribution in [2.45, 2.75) is 0 Å². The van der Waals surface area contributed by atoms with Crippen molar-refractivity contribution >= 4 is 12.4 Å². The molecule has 2 nitrogen and oxygen atoms in total. The third-order valence-electron chi connectivity index (χ3n) is 2.40. The van der Waals surface area contributed by atoms with Gasteiger partial charge >= 0.3 is 0 Å². The Labute approximate surface area is 94.5 Å². The summed E-state index contributed by atoms with van der Waals surface area (Å²) in [4.78, 5) is 3.97. The fraction of sp³-hybridized carbons (Fsp3) is 0. The van der Waals surface area contributed by atoms with E-state index in [4.69, 9.17) is 5.26 Å². The Morgan fingerprint density at radius 1 is 1.00 bits per heavy atom. The summed E-state index contributed by atoms with van der Waals surface area (Å²) in [6, 6.07) is 17.3. The topological polar surface area (TPSA) is 36.1 Å². The van der Waals surface area contributed by atoms with E-state index < -0.39 is 0 Å². The third-order valence-corrected chi connectivity index (χ3v) is 2.40. The van der Waals surface area contributed by atoms with E-state index in [0.29, 0.717) is 5.56 Å². The van der Waals surface area contributed by atoms with E-state index in [9.17, 15) is 0 Å². The molecule has 0 bridgehead atoms. The Morgan fingerprint density at radius 3 is 2.31 bits per heavy atom. The van der Waals surface area contributed by atoms with Gasteiger partial charge in [0.2, 0.25) is 0 Å². The van der Waals surface area contributed by atoms with Gasteiger partial charge in [0.1, 0.15) is 0 Å². The van der Waals surface area contributed by atoms with Crippen molar-refractivity contribution in [3.05, 3.63) is 54.1 Å². The van der Waals surface area contributed by atoms with Crippen LogP contribution in [0.4, 0.5) is 5.69 Å². The molecular formula is C14H10N2. The first-order valence-electron chi connectivity index (χ1n) is 4.91. The van der Waals surface area contributed by atoms with Gasteiger partial charge in [-0.15, -0.1) is 0 Å². The lowest BCUT2D eigenvalue weighted by atomic mass is 10.0. The summed E-state index contributed by atoms with van der Waals surface area (Å²) in [5, 5.41) is 8.72. The molecule has 0 aliphatic heterocycles. The molecule has 0 aromatic heterocycles. The quantitative estimate of drug-likeness (QED) is 0.692. The van der Waals surface area contributed by atoms with Crippen LogP contribution in [0.15, 0.2) is 53.5 Å². The van der Waals surface area contributed by atoms with Crippen LogP contribution >= 0.6 is 0 Å². The number of aliphatic imine (C=N–C) groups is 1. The zero-order chi connectivity index (χ0) is 11.4. The van der Waals surface area contributed by atoms with Gasteiger partial charge in [0.25, 0.3) is 0 Å². The van der Waals surface area contributed by atoms with Crippen LogP contribution in [-0.2, 0) is 0 Å². The Bertz CT molecular complexity index is 548. The molecule has 0 N–H and O–H groups in total. The predicted octanol–water partition coefficient (Wildman–Crippen LogP) is 3.56. The maximum atomic E-state index is 8.72. The Hall–Kier alpha value is -2.40. The van der Waals surface area contributed by atoms with Crippen molar-refractivity contribution in [3.63, 3.8) is 0 Å². The highest BCUT2D eigenvalue weighted by atomic mass is 14.7. The van der Waals surface area contributed by atoms with Crippen LogP contribution in [0.5, 0.6) is 0 Å². The van der Waals surface area contributed by atoms with E-state index in [1.807, 2.05) is 36.4 Å². The van der Waals surface area contributed by atoms with Gasteiger partial charge in [-0.3, -0.25) is 4.99 Å². The lowest BCUT2D eigenvalue weighted by Crippen LogP contribution is -1.79. The normalized spacial score (nSPS) is 9.44.